The molecule has 1 aliphatic heterocycles. The van der Waals surface area contributed by atoms with Gasteiger partial charge in [0.05, 0.1) is 14.2 Å². The van der Waals surface area contributed by atoms with E-state index in [1.54, 1.807) is 20.3 Å². The number of benzene rings is 2. The Morgan fingerprint density at radius 3 is 2.44 bits per heavy atom. The van der Waals surface area contributed by atoms with Gasteiger partial charge in [0, 0.05) is 35.2 Å². The molecule has 2 aromatic carbocycles. The number of hydrogen-bond acceptors (Lipinski definition) is 4. The predicted octanol–water partition coefficient (Wildman–Crippen LogP) is 3.33. The number of carbonyl (C=O) groups is 1. The number of hydrogen-bond donors (Lipinski definition) is 2. The normalized spacial score (nSPS) is 16.0. The van der Waals surface area contributed by atoms with Crippen LogP contribution in [0.15, 0.2) is 41.2 Å². The number of carbonyl (C=O) groups excluding carboxylic acids is 1. The third kappa shape index (κ3) is 2.93. The average Bonchev–Trinajstić information content (AvgIpc) is 2.65. The smallest absolute Gasteiger partial charge is 0.252 e. The first-order chi connectivity index (χ1) is 13.0. The number of fused-ring (bicyclic) bond motifs is 2. The van der Waals surface area contributed by atoms with Crippen molar-refractivity contribution in [1.29, 1.82) is 0 Å². The lowest BCUT2D eigenvalue weighted by atomic mass is 9.84. The first-order valence-electron chi connectivity index (χ1n) is 8.69. The topological polar surface area (TPSA) is 80.4 Å². The fourth-order valence-electron chi connectivity index (χ4n) is 3.66. The first kappa shape index (κ1) is 17.1. The molecule has 6 heteroatoms. The Balaban J connectivity index is 1.91. The van der Waals surface area contributed by atoms with E-state index in [9.17, 15) is 9.59 Å². The zero-order valence-corrected chi connectivity index (χ0v) is 15.4. The molecule has 0 spiro atoms. The van der Waals surface area contributed by atoms with Gasteiger partial charge in [0.25, 0.3) is 5.56 Å². The van der Waals surface area contributed by atoms with Gasteiger partial charge in [-0.3, -0.25) is 9.59 Å². The molecule has 2 heterocycles. The van der Waals surface area contributed by atoms with Crippen LogP contribution in [0.4, 0.5) is 5.69 Å². The van der Waals surface area contributed by atoms with Crippen molar-refractivity contribution >= 4 is 22.5 Å². The zero-order valence-electron chi connectivity index (χ0n) is 15.4. The van der Waals surface area contributed by atoms with Gasteiger partial charge >= 0.3 is 0 Å². The Bertz CT molecular complexity index is 1120. The average molecular weight is 364 g/mol. The molecule has 138 valence electrons. The number of ether oxygens (including phenoxy) is 2. The van der Waals surface area contributed by atoms with E-state index in [2.05, 4.69) is 10.3 Å². The molecule has 0 aliphatic carbocycles. The standard InChI is InChI=1S/C21H20N2O4/c1-11-4-5-12-7-15(21(25)23-16(12)6-11)13-9-20(24)22-17-10-19(27-3)18(26-2)8-14(13)17/h4-8,10,13H,9H2,1-3H3,(H,22,24)(H,23,25). The summed E-state index contributed by atoms with van der Waals surface area (Å²) >= 11 is 0. The van der Waals surface area contributed by atoms with Crippen molar-refractivity contribution in [2.75, 3.05) is 19.5 Å². The SMILES string of the molecule is COc1cc2c(cc1OC)C(c1cc3ccc(C)cc3[nH]c1=O)CC(=O)N2. The van der Waals surface area contributed by atoms with Crippen LogP contribution < -0.4 is 20.3 Å². The van der Waals surface area contributed by atoms with Gasteiger partial charge in [-0.1, -0.05) is 12.1 Å². The van der Waals surface area contributed by atoms with Crippen LogP contribution in [0.5, 0.6) is 11.5 Å². The minimum absolute atomic E-state index is 0.136. The quantitative estimate of drug-likeness (QED) is 0.747. The summed E-state index contributed by atoms with van der Waals surface area (Å²) in [5, 5.41) is 3.80. The van der Waals surface area contributed by atoms with E-state index in [1.165, 1.54) is 0 Å². The number of rotatable bonds is 3. The number of pyridine rings is 1. The van der Waals surface area contributed by atoms with Crippen LogP contribution in [0, 0.1) is 6.92 Å². The molecular formula is C21H20N2O4. The predicted molar refractivity (Wildman–Crippen MR) is 104 cm³/mol. The number of methoxy groups -OCH3 is 2. The number of nitrogens with one attached hydrogen (secondary N) is 2. The summed E-state index contributed by atoms with van der Waals surface area (Å²) < 4.78 is 10.7. The summed E-state index contributed by atoms with van der Waals surface area (Å²) in [6, 6.07) is 11.4. The maximum Gasteiger partial charge on any atom is 0.252 e. The van der Waals surface area contributed by atoms with Crippen LogP contribution in [0.3, 0.4) is 0 Å². The lowest BCUT2D eigenvalue weighted by molar-refractivity contribution is -0.116. The van der Waals surface area contributed by atoms with Crippen LogP contribution in [-0.2, 0) is 4.79 Å². The van der Waals surface area contributed by atoms with Gasteiger partial charge in [0.15, 0.2) is 11.5 Å². The highest BCUT2D eigenvalue weighted by Gasteiger charge is 2.30. The monoisotopic (exact) mass is 364 g/mol. The molecule has 4 rings (SSSR count). The Labute approximate surface area is 156 Å². The highest BCUT2D eigenvalue weighted by molar-refractivity contribution is 5.96. The van der Waals surface area contributed by atoms with Crippen molar-refractivity contribution in [3.05, 3.63) is 63.4 Å². The number of aromatic nitrogens is 1. The Kier molecular flexibility index (Phi) is 4.11. The number of aryl methyl sites for hydroxylation is 1. The highest BCUT2D eigenvalue weighted by Crippen LogP contribution is 2.42. The van der Waals surface area contributed by atoms with Gasteiger partial charge in [-0.2, -0.15) is 0 Å². The first-order valence-corrected chi connectivity index (χ1v) is 8.69. The van der Waals surface area contributed by atoms with Crippen LogP contribution in [0.25, 0.3) is 10.9 Å². The summed E-state index contributed by atoms with van der Waals surface area (Å²) in [5.74, 6) is 0.594. The third-order valence-electron chi connectivity index (χ3n) is 5.00. The Morgan fingerprint density at radius 1 is 0.963 bits per heavy atom. The summed E-state index contributed by atoms with van der Waals surface area (Å²) in [7, 11) is 3.11. The molecule has 1 unspecified atom stereocenters. The highest BCUT2D eigenvalue weighted by atomic mass is 16.5. The van der Waals surface area contributed by atoms with E-state index in [0.717, 1.165) is 22.0 Å². The number of H-pyrrole nitrogens is 1. The molecule has 3 aromatic rings. The lowest BCUT2D eigenvalue weighted by Gasteiger charge is -2.27. The van der Waals surface area contributed by atoms with Gasteiger partial charge in [-0.15, -0.1) is 0 Å². The van der Waals surface area contributed by atoms with Crippen LogP contribution >= 0.6 is 0 Å². The molecule has 2 N–H and O–H groups in total. The van der Waals surface area contributed by atoms with E-state index in [4.69, 9.17) is 9.47 Å². The van der Waals surface area contributed by atoms with Gasteiger partial charge in [-0.05, 0) is 41.6 Å². The summed E-state index contributed by atoms with van der Waals surface area (Å²) in [4.78, 5) is 28.0. The van der Waals surface area contributed by atoms with E-state index < -0.39 is 0 Å². The molecule has 1 atom stereocenters. The molecule has 0 fully saturated rings. The van der Waals surface area contributed by atoms with E-state index in [-0.39, 0.29) is 23.8 Å². The summed E-state index contributed by atoms with van der Waals surface area (Å²) in [6.45, 7) is 1.98. The molecule has 0 saturated heterocycles. The molecule has 0 bridgehead atoms. The molecule has 1 aliphatic rings. The largest absolute Gasteiger partial charge is 0.493 e. The molecule has 0 radical (unpaired) electrons. The minimum Gasteiger partial charge on any atom is -0.493 e. The van der Waals surface area contributed by atoms with Gasteiger partial charge in [0.2, 0.25) is 5.91 Å². The van der Waals surface area contributed by atoms with Gasteiger partial charge in [0.1, 0.15) is 0 Å². The van der Waals surface area contributed by atoms with Gasteiger partial charge in [-0.25, -0.2) is 0 Å². The second-order valence-corrected chi connectivity index (χ2v) is 6.74. The Hall–Kier alpha value is -3.28. The van der Waals surface area contributed by atoms with E-state index in [0.29, 0.717) is 22.7 Å². The molecular weight excluding hydrogens is 344 g/mol. The summed E-state index contributed by atoms with van der Waals surface area (Å²) in [6.07, 6.45) is 0.197. The molecule has 27 heavy (non-hydrogen) atoms. The van der Waals surface area contributed by atoms with Crippen molar-refractivity contribution in [2.45, 2.75) is 19.3 Å². The minimum atomic E-state index is -0.358. The van der Waals surface area contributed by atoms with Crippen molar-refractivity contribution in [3.63, 3.8) is 0 Å². The number of amides is 1. The van der Waals surface area contributed by atoms with Crippen LogP contribution in [0.1, 0.15) is 29.0 Å². The molecule has 1 amide bonds. The zero-order chi connectivity index (χ0) is 19.1. The molecule has 6 nitrogen and oxygen atoms in total. The maximum atomic E-state index is 12.8. The fourth-order valence-corrected chi connectivity index (χ4v) is 3.66. The number of anilines is 1. The third-order valence-corrected chi connectivity index (χ3v) is 5.00. The maximum absolute atomic E-state index is 12.8. The fraction of sp³-hybridized carbons (Fsp3) is 0.238. The van der Waals surface area contributed by atoms with E-state index >= 15 is 0 Å². The van der Waals surface area contributed by atoms with Crippen LogP contribution in [0.2, 0.25) is 0 Å². The van der Waals surface area contributed by atoms with Crippen LogP contribution in [-0.4, -0.2) is 25.1 Å². The summed E-state index contributed by atoms with van der Waals surface area (Å²) in [5.41, 5.74) is 3.71. The van der Waals surface area contributed by atoms with Crippen molar-refractivity contribution in [1.82, 2.24) is 4.98 Å². The van der Waals surface area contributed by atoms with E-state index in [1.807, 2.05) is 37.3 Å². The van der Waals surface area contributed by atoms with Crippen molar-refractivity contribution < 1.29 is 14.3 Å². The second kappa shape index (κ2) is 6.46. The second-order valence-electron chi connectivity index (χ2n) is 6.74. The molecule has 0 saturated carbocycles. The van der Waals surface area contributed by atoms with Crippen molar-refractivity contribution in [2.24, 2.45) is 0 Å². The van der Waals surface area contributed by atoms with Crippen molar-refractivity contribution in [3.8, 4) is 11.5 Å². The Morgan fingerprint density at radius 2 is 1.70 bits per heavy atom. The molecule has 1 aromatic heterocycles. The van der Waals surface area contributed by atoms with Gasteiger partial charge < -0.3 is 19.8 Å². The lowest BCUT2D eigenvalue weighted by Crippen LogP contribution is -2.27. The number of aromatic amines is 1.